The molecule has 2 aromatic heterocycles. The molecule has 142 valence electrons. The quantitative estimate of drug-likeness (QED) is 0.781. The number of aromatic nitrogens is 2. The highest BCUT2D eigenvalue weighted by Gasteiger charge is 2.54. The Morgan fingerprint density at radius 3 is 2.85 bits per heavy atom. The number of carbonyl (C=O) groups excluding carboxylic acids is 2. The first-order chi connectivity index (χ1) is 13.1. The fourth-order valence-electron chi connectivity index (χ4n) is 4.10. The summed E-state index contributed by atoms with van der Waals surface area (Å²) >= 11 is 0. The Bertz CT molecular complexity index is 831. The van der Waals surface area contributed by atoms with E-state index in [0.717, 1.165) is 31.5 Å². The van der Waals surface area contributed by atoms with E-state index in [1.165, 1.54) is 4.90 Å². The van der Waals surface area contributed by atoms with Crippen LogP contribution in [-0.2, 0) is 11.3 Å². The zero-order chi connectivity index (χ0) is 18.9. The van der Waals surface area contributed by atoms with Crippen molar-refractivity contribution in [3.8, 4) is 11.3 Å². The summed E-state index contributed by atoms with van der Waals surface area (Å²) in [5.41, 5.74) is 0.637. The molecule has 0 saturated carbocycles. The summed E-state index contributed by atoms with van der Waals surface area (Å²) in [6.45, 7) is 3.77. The molecule has 0 spiro atoms. The number of nitrogens with one attached hydrogen (secondary N) is 2. The molecule has 0 radical (unpaired) electrons. The molecule has 3 amide bonds. The lowest BCUT2D eigenvalue weighted by Gasteiger charge is -2.37. The van der Waals surface area contributed by atoms with Crippen molar-refractivity contribution in [3.05, 3.63) is 36.4 Å². The highest BCUT2D eigenvalue weighted by atomic mass is 16.5. The van der Waals surface area contributed by atoms with Crippen LogP contribution in [-0.4, -0.2) is 45.6 Å². The van der Waals surface area contributed by atoms with Gasteiger partial charge in [-0.2, -0.15) is 0 Å². The standard InChI is InChI=1S/C19H23N5O3/c1-2-19(14-5-8-20-9-6-14)17(25)24(18(26)22-19)12-15-10-16(23-27-15)13-4-3-7-21-11-13/h3-4,7,10-11,14,20H,2,5-6,8-9,12H2,1H3,(H,22,26). The monoisotopic (exact) mass is 369 g/mol. The fourth-order valence-corrected chi connectivity index (χ4v) is 4.10. The first-order valence-electron chi connectivity index (χ1n) is 9.35. The molecule has 0 aromatic carbocycles. The second-order valence-corrected chi connectivity index (χ2v) is 7.09. The van der Waals surface area contributed by atoms with Crippen molar-refractivity contribution in [2.45, 2.75) is 38.3 Å². The Balaban J connectivity index is 1.53. The minimum absolute atomic E-state index is 0.0741. The lowest BCUT2D eigenvalue weighted by atomic mass is 9.76. The summed E-state index contributed by atoms with van der Waals surface area (Å²) in [7, 11) is 0. The molecule has 27 heavy (non-hydrogen) atoms. The van der Waals surface area contributed by atoms with E-state index < -0.39 is 5.54 Å². The molecule has 0 bridgehead atoms. The summed E-state index contributed by atoms with van der Waals surface area (Å²) in [5, 5.41) is 10.3. The minimum atomic E-state index is -0.814. The van der Waals surface area contributed by atoms with Gasteiger partial charge in [0.05, 0.1) is 6.54 Å². The van der Waals surface area contributed by atoms with Gasteiger partial charge < -0.3 is 15.2 Å². The summed E-state index contributed by atoms with van der Waals surface area (Å²) in [4.78, 5) is 31.1. The first-order valence-corrected chi connectivity index (χ1v) is 9.35. The lowest BCUT2D eigenvalue weighted by molar-refractivity contribution is -0.134. The molecule has 2 fully saturated rings. The first kappa shape index (κ1) is 17.7. The third-order valence-electron chi connectivity index (χ3n) is 5.63. The number of carbonyl (C=O) groups is 2. The Morgan fingerprint density at radius 2 is 2.15 bits per heavy atom. The molecule has 0 aliphatic carbocycles. The van der Waals surface area contributed by atoms with Gasteiger partial charge in [0.25, 0.3) is 5.91 Å². The number of piperidine rings is 1. The van der Waals surface area contributed by atoms with Crippen molar-refractivity contribution in [1.29, 1.82) is 0 Å². The predicted molar refractivity (Wildman–Crippen MR) is 97.4 cm³/mol. The van der Waals surface area contributed by atoms with Crippen LogP contribution in [0.4, 0.5) is 4.79 Å². The van der Waals surface area contributed by atoms with Gasteiger partial charge in [0, 0.05) is 24.0 Å². The topological polar surface area (TPSA) is 100 Å². The van der Waals surface area contributed by atoms with Crippen molar-refractivity contribution in [1.82, 2.24) is 25.7 Å². The Morgan fingerprint density at radius 1 is 1.33 bits per heavy atom. The predicted octanol–water partition coefficient (Wildman–Crippen LogP) is 1.94. The van der Waals surface area contributed by atoms with Crippen molar-refractivity contribution in [3.63, 3.8) is 0 Å². The molecular formula is C19H23N5O3. The highest BCUT2D eigenvalue weighted by Crippen LogP contribution is 2.35. The summed E-state index contributed by atoms with van der Waals surface area (Å²) in [6.07, 6.45) is 5.70. The van der Waals surface area contributed by atoms with Crippen LogP contribution in [0.1, 0.15) is 31.9 Å². The van der Waals surface area contributed by atoms with Crippen molar-refractivity contribution in [2.75, 3.05) is 13.1 Å². The fraction of sp³-hybridized carbons (Fsp3) is 0.474. The Hall–Kier alpha value is -2.74. The van der Waals surface area contributed by atoms with Crippen LogP contribution in [0, 0.1) is 5.92 Å². The Labute approximate surface area is 157 Å². The molecule has 2 aliphatic rings. The van der Waals surface area contributed by atoms with Gasteiger partial charge in [0.2, 0.25) is 0 Å². The average Bonchev–Trinajstić information content (AvgIpc) is 3.28. The number of amides is 3. The van der Waals surface area contributed by atoms with Gasteiger partial charge >= 0.3 is 6.03 Å². The lowest BCUT2D eigenvalue weighted by Crippen LogP contribution is -2.55. The number of urea groups is 1. The Kier molecular flexibility index (Phi) is 4.65. The maximum absolute atomic E-state index is 13.2. The molecule has 2 aliphatic heterocycles. The molecule has 8 nitrogen and oxygen atoms in total. The SMILES string of the molecule is CCC1(C2CCNCC2)NC(=O)N(Cc2cc(-c3cccnc3)no2)C1=O. The normalized spacial score (nSPS) is 23.7. The number of pyridine rings is 1. The summed E-state index contributed by atoms with van der Waals surface area (Å²) in [5.74, 6) is 0.446. The van der Waals surface area contributed by atoms with Crippen LogP contribution in [0.3, 0.4) is 0 Å². The van der Waals surface area contributed by atoms with E-state index >= 15 is 0 Å². The van der Waals surface area contributed by atoms with Crippen molar-refractivity contribution < 1.29 is 14.1 Å². The van der Waals surface area contributed by atoms with E-state index in [0.29, 0.717) is 17.9 Å². The van der Waals surface area contributed by atoms with Crippen molar-refractivity contribution in [2.24, 2.45) is 5.92 Å². The molecule has 2 N–H and O–H groups in total. The van der Waals surface area contributed by atoms with Gasteiger partial charge in [-0.25, -0.2) is 4.79 Å². The minimum Gasteiger partial charge on any atom is -0.359 e. The largest absolute Gasteiger partial charge is 0.359 e. The maximum atomic E-state index is 13.2. The number of imide groups is 1. The molecule has 2 aromatic rings. The van der Waals surface area contributed by atoms with Crippen LogP contribution >= 0.6 is 0 Å². The average molecular weight is 369 g/mol. The number of hydrogen-bond donors (Lipinski definition) is 2. The van der Waals surface area contributed by atoms with E-state index in [4.69, 9.17) is 4.52 Å². The summed E-state index contributed by atoms with van der Waals surface area (Å²) in [6, 6.07) is 5.07. The van der Waals surface area contributed by atoms with E-state index in [9.17, 15) is 9.59 Å². The van der Waals surface area contributed by atoms with Crippen LogP contribution in [0.5, 0.6) is 0 Å². The van der Waals surface area contributed by atoms with E-state index in [2.05, 4.69) is 20.8 Å². The number of hydrogen-bond acceptors (Lipinski definition) is 6. The third-order valence-corrected chi connectivity index (χ3v) is 5.63. The van der Waals surface area contributed by atoms with E-state index in [1.807, 2.05) is 19.1 Å². The second-order valence-electron chi connectivity index (χ2n) is 7.09. The molecule has 8 heteroatoms. The summed E-state index contributed by atoms with van der Waals surface area (Å²) < 4.78 is 5.36. The molecule has 4 rings (SSSR count). The van der Waals surface area contributed by atoms with Crippen LogP contribution in [0.15, 0.2) is 35.1 Å². The molecule has 2 saturated heterocycles. The van der Waals surface area contributed by atoms with Gasteiger partial charge in [-0.15, -0.1) is 0 Å². The van der Waals surface area contributed by atoms with E-state index in [-0.39, 0.29) is 24.4 Å². The second kappa shape index (κ2) is 7.11. The smallest absolute Gasteiger partial charge is 0.325 e. The van der Waals surface area contributed by atoms with E-state index in [1.54, 1.807) is 18.5 Å². The zero-order valence-corrected chi connectivity index (χ0v) is 15.3. The van der Waals surface area contributed by atoms with Crippen molar-refractivity contribution >= 4 is 11.9 Å². The third kappa shape index (κ3) is 3.10. The van der Waals surface area contributed by atoms with Gasteiger partial charge in [-0.1, -0.05) is 12.1 Å². The van der Waals surface area contributed by atoms with Gasteiger partial charge in [-0.3, -0.25) is 14.7 Å². The van der Waals surface area contributed by atoms with Crippen LogP contribution in [0.2, 0.25) is 0 Å². The number of rotatable bonds is 5. The van der Waals surface area contributed by atoms with Gasteiger partial charge in [0.1, 0.15) is 11.2 Å². The van der Waals surface area contributed by atoms with Crippen LogP contribution < -0.4 is 10.6 Å². The molecule has 1 unspecified atom stereocenters. The molecular weight excluding hydrogens is 346 g/mol. The van der Waals surface area contributed by atoms with Gasteiger partial charge in [-0.05, 0) is 50.4 Å². The highest BCUT2D eigenvalue weighted by molar-refractivity contribution is 6.07. The van der Waals surface area contributed by atoms with Gasteiger partial charge in [0.15, 0.2) is 5.76 Å². The number of nitrogens with zero attached hydrogens (tertiary/aromatic N) is 3. The van der Waals surface area contributed by atoms with Crippen LogP contribution in [0.25, 0.3) is 11.3 Å². The molecule has 1 atom stereocenters. The molecule has 4 heterocycles. The maximum Gasteiger partial charge on any atom is 0.325 e. The zero-order valence-electron chi connectivity index (χ0n) is 15.3.